The van der Waals surface area contributed by atoms with Crippen molar-refractivity contribution in [1.29, 1.82) is 0 Å². The van der Waals surface area contributed by atoms with Crippen LogP contribution in [0.4, 0.5) is 11.4 Å². The minimum absolute atomic E-state index is 0.0105. The number of non-ortho nitro benzene ring substituents is 1. The number of nitrogens with zero attached hydrogens (tertiary/aromatic N) is 3. The molecule has 1 aliphatic rings. The molecule has 1 aliphatic heterocycles. The molecule has 9 nitrogen and oxygen atoms in total. The number of fused-ring (bicyclic) bond motifs is 1. The van der Waals surface area contributed by atoms with E-state index < -0.39 is 14.9 Å². The molecule has 0 atom stereocenters. The van der Waals surface area contributed by atoms with Crippen molar-refractivity contribution in [1.82, 2.24) is 8.87 Å². The molecule has 32 heavy (non-hydrogen) atoms. The van der Waals surface area contributed by atoms with E-state index >= 15 is 0 Å². The van der Waals surface area contributed by atoms with Crippen LogP contribution in [0.25, 0.3) is 10.9 Å². The highest BCUT2D eigenvalue weighted by Gasteiger charge is 2.27. The Morgan fingerprint density at radius 3 is 2.56 bits per heavy atom. The van der Waals surface area contributed by atoms with Gasteiger partial charge in [-0.1, -0.05) is 12.5 Å². The summed E-state index contributed by atoms with van der Waals surface area (Å²) in [5.74, 6) is -0.328. The van der Waals surface area contributed by atoms with Crippen molar-refractivity contribution in [3.05, 3.63) is 64.3 Å². The lowest BCUT2D eigenvalue weighted by molar-refractivity contribution is -0.384. The number of nitro groups is 1. The number of nitrogens with one attached hydrogen (secondary N) is 1. The third kappa shape index (κ3) is 4.37. The molecule has 1 saturated heterocycles. The third-order valence-electron chi connectivity index (χ3n) is 5.68. The van der Waals surface area contributed by atoms with E-state index in [0.717, 1.165) is 19.3 Å². The predicted molar refractivity (Wildman–Crippen MR) is 121 cm³/mol. The maximum Gasteiger partial charge on any atom is 0.270 e. The van der Waals surface area contributed by atoms with Crippen molar-refractivity contribution in [2.75, 3.05) is 18.4 Å². The van der Waals surface area contributed by atoms with Crippen LogP contribution in [-0.2, 0) is 21.4 Å². The van der Waals surface area contributed by atoms with Gasteiger partial charge in [0.25, 0.3) is 5.69 Å². The second-order valence-electron chi connectivity index (χ2n) is 7.94. The SMILES string of the molecule is Cc1ccc(NC(=O)Cn2ccc3cc([N+](=O)[O-])ccc32)cc1S(=O)(=O)N1CCCCC1. The predicted octanol–water partition coefficient (Wildman–Crippen LogP) is 3.67. The molecule has 10 heteroatoms. The number of carbonyl (C=O) groups is 1. The fourth-order valence-corrected chi connectivity index (χ4v) is 5.76. The molecule has 1 N–H and O–H groups in total. The van der Waals surface area contributed by atoms with Gasteiger partial charge in [-0.15, -0.1) is 0 Å². The van der Waals surface area contributed by atoms with Gasteiger partial charge in [-0.05, 0) is 49.6 Å². The van der Waals surface area contributed by atoms with Crippen LogP contribution in [0.5, 0.6) is 0 Å². The topological polar surface area (TPSA) is 115 Å². The first-order valence-electron chi connectivity index (χ1n) is 10.4. The van der Waals surface area contributed by atoms with Gasteiger partial charge >= 0.3 is 0 Å². The van der Waals surface area contributed by atoms with E-state index in [1.54, 1.807) is 42.0 Å². The zero-order valence-electron chi connectivity index (χ0n) is 17.7. The molecule has 0 unspecified atom stereocenters. The molecule has 3 aromatic rings. The van der Waals surface area contributed by atoms with Gasteiger partial charge in [0.1, 0.15) is 6.54 Å². The quantitative estimate of drug-likeness (QED) is 0.449. The average molecular weight is 457 g/mol. The number of piperidine rings is 1. The van der Waals surface area contributed by atoms with E-state index in [0.29, 0.717) is 35.2 Å². The lowest BCUT2D eigenvalue weighted by atomic mass is 10.2. The van der Waals surface area contributed by atoms with Gasteiger partial charge in [-0.3, -0.25) is 14.9 Å². The Hall–Kier alpha value is -3.24. The van der Waals surface area contributed by atoms with Crippen LogP contribution in [0, 0.1) is 17.0 Å². The van der Waals surface area contributed by atoms with Crippen LogP contribution in [0.1, 0.15) is 24.8 Å². The Bertz CT molecular complexity index is 1290. The standard InChI is InChI=1S/C22H24N4O5S/c1-16-5-6-18(14-21(16)32(30,31)25-10-3-2-4-11-25)23-22(27)15-24-12-9-17-13-19(26(28)29)7-8-20(17)24/h5-9,12-14H,2-4,10-11,15H2,1H3,(H,23,27). The number of hydrogen-bond acceptors (Lipinski definition) is 5. The first-order valence-corrected chi connectivity index (χ1v) is 11.8. The Morgan fingerprint density at radius 2 is 1.84 bits per heavy atom. The summed E-state index contributed by atoms with van der Waals surface area (Å²) in [5.41, 5.74) is 1.72. The Balaban J connectivity index is 1.52. The molecule has 0 saturated carbocycles. The van der Waals surface area contributed by atoms with Crippen molar-refractivity contribution in [3.63, 3.8) is 0 Å². The Labute approximate surface area is 185 Å². The normalized spacial score (nSPS) is 15.0. The maximum atomic E-state index is 13.1. The molecule has 2 heterocycles. The van der Waals surface area contributed by atoms with Gasteiger partial charge in [0.05, 0.1) is 9.82 Å². The molecular formula is C22H24N4O5S. The van der Waals surface area contributed by atoms with Crippen LogP contribution in [0.2, 0.25) is 0 Å². The Morgan fingerprint density at radius 1 is 1.09 bits per heavy atom. The zero-order valence-corrected chi connectivity index (χ0v) is 18.5. The van der Waals surface area contributed by atoms with E-state index in [-0.39, 0.29) is 23.0 Å². The van der Waals surface area contributed by atoms with E-state index in [4.69, 9.17) is 0 Å². The van der Waals surface area contributed by atoms with Crippen LogP contribution >= 0.6 is 0 Å². The molecule has 4 rings (SSSR count). The average Bonchev–Trinajstić information content (AvgIpc) is 3.17. The van der Waals surface area contributed by atoms with Crippen LogP contribution in [0.3, 0.4) is 0 Å². The molecule has 168 valence electrons. The molecule has 0 aliphatic carbocycles. The monoisotopic (exact) mass is 456 g/mol. The van der Waals surface area contributed by atoms with E-state index in [1.165, 1.54) is 22.5 Å². The van der Waals surface area contributed by atoms with E-state index in [9.17, 15) is 23.3 Å². The number of hydrogen-bond donors (Lipinski definition) is 1. The number of anilines is 1. The number of aryl methyl sites for hydroxylation is 1. The van der Waals surface area contributed by atoms with Crippen LogP contribution < -0.4 is 5.32 Å². The number of amides is 1. The van der Waals surface area contributed by atoms with Gasteiger partial charge in [0.15, 0.2) is 0 Å². The van der Waals surface area contributed by atoms with E-state index in [1.807, 2.05) is 0 Å². The summed E-state index contributed by atoms with van der Waals surface area (Å²) in [4.78, 5) is 23.3. The van der Waals surface area contributed by atoms with E-state index in [2.05, 4.69) is 5.32 Å². The summed E-state index contributed by atoms with van der Waals surface area (Å²) in [6.07, 6.45) is 4.42. The summed E-state index contributed by atoms with van der Waals surface area (Å²) in [5, 5.41) is 14.4. The minimum atomic E-state index is -3.62. The van der Waals surface area contributed by atoms with Crippen molar-refractivity contribution >= 4 is 38.2 Å². The summed E-state index contributed by atoms with van der Waals surface area (Å²) in [6.45, 7) is 2.76. The van der Waals surface area contributed by atoms with Gasteiger partial charge in [-0.2, -0.15) is 4.31 Å². The molecule has 2 aromatic carbocycles. The highest BCUT2D eigenvalue weighted by Crippen LogP contribution is 2.26. The largest absolute Gasteiger partial charge is 0.338 e. The highest BCUT2D eigenvalue weighted by atomic mass is 32.2. The lowest BCUT2D eigenvalue weighted by Gasteiger charge is -2.26. The minimum Gasteiger partial charge on any atom is -0.338 e. The number of benzene rings is 2. The summed E-state index contributed by atoms with van der Waals surface area (Å²) >= 11 is 0. The van der Waals surface area contributed by atoms with Gasteiger partial charge in [0.2, 0.25) is 15.9 Å². The fraction of sp³-hybridized carbons (Fsp3) is 0.318. The van der Waals surface area contributed by atoms with Gasteiger partial charge in [0, 0.05) is 48.0 Å². The summed E-state index contributed by atoms with van der Waals surface area (Å²) < 4.78 is 29.4. The Kier molecular flexibility index (Phi) is 5.98. The smallest absolute Gasteiger partial charge is 0.270 e. The van der Waals surface area contributed by atoms with Gasteiger partial charge in [-0.25, -0.2) is 8.42 Å². The number of nitro benzene ring substituents is 1. The molecule has 1 fully saturated rings. The second kappa shape index (κ2) is 8.71. The highest BCUT2D eigenvalue weighted by molar-refractivity contribution is 7.89. The van der Waals surface area contributed by atoms with Crippen LogP contribution in [0.15, 0.2) is 53.6 Å². The zero-order chi connectivity index (χ0) is 22.9. The number of rotatable bonds is 6. The maximum absolute atomic E-state index is 13.1. The number of sulfonamides is 1. The first-order chi connectivity index (χ1) is 15.3. The molecule has 0 bridgehead atoms. The van der Waals surface area contributed by atoms with Crippen molar-refractivity contribution in [3.8, 4) is 0 Å². The molecule has 0 spiro atoms. The number of carbonyl (C=O) groups excluding carboxylic acids is 1. The van der Waals surface area contributed by atoms with Gasteiger partial charge < -0.3 is 9.88 Å². The fourth-order valence-electron chi connectivity index (χ4n) is 3.99. The molecule has 0 radical (unpaired) electrons. The summed E-state index contributed by atoms with van der Waals surface area (Å²) in [6, 6.07) is 11.1. The van der Waals surface area contributed by atoms with Crippen molar-refractivity contribution in [2.45, 2.75) is 37.6 Å². The van der Waals surface area contributed by atoms with Crippen molar-refractivity contribution in [2.24, 2.45) is 0 Å². The number of aromatic nitrogens is 1. The molecule has 1 aromatic heterocycles. The first kappa shape index (κ1) is 22.0. The van der Waals surface area contributed by atoms with Crippen LogP contribution in [-0.4, -0.2) is 41.2 Å². The lowest BCUT2D eigenvalue weighted by Crippen LogP contribution is -2.36. The molecular weight excluding hydrogens is 432 g/mol. The summed E-state index contributed by atoms with van der Waals surface area (Å²) in [7, 11) is -3.62. The van der Waals surface area contributed by atoms with Crippen molar-refractivity contribution < 1.29 is 18.1 Å². The molecule has 1 amide bonds. The third-order valence-corrected chi connectivity index (χ3v) is 7.72. The second-order valence-corrected chi connectivity index (χ2v) is 9.84.